The number of rotatable bonds is 5. The molecule has 0 atom stereocenters. The molecule has 0 aliphatic rings. The lowest BCUT2D eigenvalue weighted by molar-refractivity contribution is 0.483. The Morgan fingerprint density at radius 1 is 1.10 bits per heavy atom. The van der Waals surface area contributed by atoms with Gasteiger partial charge in [-0.2, -0.15) is 8.42 Å². The van der Waals surface area contributed by atoms with Crippen molar-refractivity contribution in [3.63, 3.8) is 0 Å². The standard InChI is InChI=1S/C16H16O3S/c1-3-6-14-7-4-5-8-16(14)19-20(17,18)15-11-9-13(2)10-12-15/h3-5,7-12H,1,6H2,2H3. The smallest absolute Gasteiger partial charge is 0.339 e. The minimum Gasteiger partial charge on any atom is -0.379 e. The van der Waals surface area contributed by atoms with E-state index in [1.807, 2.05) is 19.1 Å². The van der Waals surface area contributed by atoms with E-state index >= 15 is 0 Å². The maximum Gasteiger partial charge on any atom is 0.339 e. The van der Waals surface area contributed by atoms with Gasteiger partial charge < -0.3 is 4.18 Å². The Hall–Kier alpha value is -2.07. The van der Waals surface area contributed by atoms with Crippen LogP contribution in [0.15, 0.2) is 66.1 Å². The van der Waals surface area contributed by atoms with E-state index in [0.29, 0.717) is 12.2 Å². The summed E-state index contributed by atoms with van der Waals surface area (Å²) in [5, 5.41) is 0. The summed E-state index contributed by atoms with van der Waals surface area (Å²) in [7, 11) is -3.81. The minimum absolute atomic E-state index is 0.150. The predicted molar refractivity (Wildman–Crippen MR) is 79.3 cm³/mol. The van der Waals surface area contributed by atoms with Crippen LogP contribution in [-0.4, -0.2) is 8.42 Å². The molecule has 0 saturated carbocycles. The highest BCUT2D eigenvalue weighted by molar-refractivity contribution is 7.87. The number of hydrogen-bond donors (Lipinski definition) is 0. The lowest BCUT2D eigenvalue weighted by Gasteiger charge is -2.10. The van der Waals surface area contributed by atoms with Crippen LogP contribution in [0.3, 0.4) is 0 Å². The molecular formula is C16H16O3S. The molecule has 0 bridgehead atoms. The molecule has 0 fully saturated rings. The van der Waals surface area contributed by atoms with Crippen molar-refractivity contribution >= 4 is 10.1 Å². The first kappa shape index (κ1) is 14.3. The summed E-state index contributed by atoms with van der Waals surface area (Å²) >= 11 is 0. The highest BCUT2D eigenvalue weighted by Crippen LogP contribution is 2.23. The molecule has 2 aromatic carbocycles. The third-order valence-corrected chi connectivity index (χ3v) is 4.09. The van der Waals surface area contributed by atoms with Gasteiger partial charge in [0, 0.05) is 0 Å². The Kier molecular flexibility index (Phi) is 4.25. The first-order valence-corrected chi connectivity index (χ1v) is 7.64. The molecule has 2 rings (SSSR count). The summed E-state index contributed by atoms with van der Waals surface area (Å²) in [4.78, 5) is 0.150. The molecule has 20 heavy (non-hydrogen) atoms. The van der Waals surface area contributed by atoms with Crippen molar-refractivity contribution < 1.29 is 12.6 Å². The molecule has 0 N–H and O–H groups in total. The second-order valence-corrected chi connectivity index (χ2v) is 6.00. The molecule has 0 spiro atoms. The number of para-hydroxylation sites is 1. The first-order valence-electron chi connectivity index (χ1n) is 6.23. The molecule has 4 heteroatoms. The van der Waals surface area contributed by atoms with Crippen molar-refractivity contribution in [1.82, 2.24) is 0 Å². The second kappa shape index (κ2) is 5.92. The van der Waals surface area contributed by atoms with Gasteiger partial charge in [-0.1, -0.05) is 42.0 Å². The summed E-state index contributed by atoms with van der Waals surface area (Å²) in [6.45, 7) is 5.56. The van der Waals surface area contributed by atoms with Crippen molar-refractivity contribution in [2.45, 2.75) is 18.2 Å². The van der Waals surface area contributed by atoms with Gasteiger partial charge in [-0.15, -0.1) is 6.58 Å². The van der Waals surface area contributed by atoms with Crippen LogP contribution in [0.4, 0.5) is 0 Å². The third-order valence-electron chi connectivity index (χ3n) is 2.85. The van der Waals surface area contributed by atoms with Crippen LogP contribution < -0.4 is 4.18 Å². The van der Waals surface area contributed by atoms with Gasteiger partial charge in [0.05, 0.1) is 0 Å². The van der Waals surface area contributed by atoms with Gasteiger partial charge in [-0.05, 0) is 37.1 Å². The van der Waals surface area contributed by atoms with E-state index in [2.05, 4.69) is 6.58 Å². The van der Waals surface area contributed by atoms with E-state index in [1.165, 1.54) is 0 Å². The summed E-state index contributed by atoms with van der Waals surface area (Å²) in [5.41, 5.74) is 1.79. The van der Waals surface area contributed by atoms with E-state index < -0.39 is 10.1 Å². The maximum atomic E-state index is 12.2. The maximum absolute atomic E-state index is 12.2. The lowest BCUT2D eigenvalue weighted by atomic mass is 10.1. The fourth-order valence-electron chi connectivity index (χ4n) is 1.78. The van der Waals surface area contributed by atoms with Gasteiger partial charge in [0.25, 0.3) is 0 Å². The van der Waals surface area contributed by atoms with Gasteiger partial charge in [-0.3, -0.25) is 0 Å². The predicted octanol–water partition coefficient (Wildman–Crippen LogP) is 3.49. The lowest BCUT2D eigenvalue weighted by Crippen LogP contribution is -2.10. The first-order chi connectivity index (χ1) is 9.53. The van der Waals surface area contributed by atoms with Crippen LogP contribution in [0.2, 0.25) is 0 Å². The van der Waals surface area contributed by atoms with Crippen molar-refractivity contribution in [3.05, 3.63) is 72.3 Å². The van der Waals surface area contributed by atoms with Gasteiger partial charge >= 0.3 is 10.1 Å². The molecule has 3 nitrogen and oxygen atoms in total. The van der Waals surface area contributed by atoms with E-state index in [1.54, 1.807) is 42.5 Å². The fraction of sp³-hybridized carbons (Fsp3) is 0.125. The quantitative estimate of drug-likeness (QED) is 0.625. The van der Waals surface area contributed by atoms with Crippen molar-refractivity contribution in [3.8, 4) is 5.75 Å². The van der Waals surface area contributed by atoms with Gasteiger partial charge in [0.15, 0.2) is 0 Å². The van der Waals surface area contributed by atoms with Crippen LogP contribution in [0, 0.1) is 6.92 Å². The normalized spacial score (nSPS) is 11.1. The van der Waals surface area contributed by atoms with Crippen LogP contribution in [-0.2, 0) is 16.5 Å². The number of allylic oxidation sites excluding steroid dienone is 1. The second-order valence-electron chi connectivity index (χ2n) is 4.45. The third kappa shape index (κ3) is 3.27. The highest BCUT2D eigenvalue weighted by atomic mass is 32.2. The molecule has 104 valence electrons. The van der Waals surface area contributed by atoms with E-state index in [9.17, 15) is 8.42 Å². The topological polar surface area (TPSA) is 43.4 Å². The number of benzene rings is 2. The van der Waals surface area contributed by atoms with E-state index in [-0.39, 0.29) is 4.90 Å². The Balaban J connectivity index is 2.33. The van der Waals surface area contributed by atoms with Gasteiger partial charge in [-0.25, -0.2) is 0 Å². The Morgan fingerprint density at radius 3 is 2.40 bits per heavy atom. The molecular weight excluding hydrogens is 272 g/mol. The Labute approximate surface area is 119 Å². The summed E-state index contributed by atoms with van der Waals surface area (Å²) in [6, 6.07) is 13.6. The zero-order valence-electron chi connectivity index (χ0n) is 11.2. The summed E-state index contributed by atoms with van der Waals surface area (Å²) < 4.78 is 29.7. The molecule has 0 aliphatic carbocycles. The zero-order valence-corrected chi connectivity index (χ0v) is 12.1. The summed E-state index contributed by atoms with van der Waals surface area (Å²) in [5.74, 6) is 0.341. The number of hydrogen-bond acceptors (Lipinski definition) is 3. The van der Waals surface area contributed by atoms with Crippen LogP contribution in [0.1, 0.15) is 11.1 Å². The zero-order chi connectivity index (χ0) is 14.6. The molecule has 0 aromatic heterocycles. The minimum atomic E-state index is -3.81. The van der Waals surface area contributed by atoms with Gasteiger partial charge in [0.2, 0.25) is 0 Å². The molecule has 0 amide bonds. The molecule has 2 aromatic rings. The molecule has 0 heterocycles. The highest BCUT2D eigenvalue weighted by Gasteiger charge is 2.17. The van der Waals surface area contributed by atoms with Crippen LogP contribution >= 0.6 is 0 Å². The largest absolute Gasteiger partial charge is 0.379 e. The molecule has 0 aliphatic heterocycles. The van der Waals surface area contributed by atoms with Crippen molar-refractivity contribution in [2.24, 2.45) is 0 Å². The molecule has 0 unspecified atom stereocenters. The van der Waals surface area contributed by atoms with E-state index in [0.717, 1.165) is 11.1 Å². The van der Waals surface area contributed by atoms with Crippen molar-refractivity contribution in [1.29, 1.82) is 0 Å². The molecule has 0 saturated heterocycles. The SMILES string of the molecule is C=CCc1ccccc1OS(=O)(=O)c1ccc(C)cc1. The average Bonchev–Trinajstić information content (AvgIpc) is 2.41. The fourth-order valence-corrected chi connectivity index (χ4v) is 2.75. The summed E-state index contributed by atoms with van der Waals surface area (Å²) in [6.07, 6.45) is 2.26. The van der Waals surface area contributed by atoms with Gasteiger partial charge in [0.1, 0.15) is 10.6 Å². The van der Waals surface area contributed by atoms with E-state index in [4.69, 9.17) is 4.18 Å². The number of aryl methyl sites for hydroxylation is 1. The monoisotopic (exact) mass is 288 g/mol. The Morgan fingerprint density at radius 2 is 1.75 bits per heavy atom. The van der Waals surface area contributed by atoms with Crippen LogP contribution in [0.5, 0.6) is 5.75 Å². The average molecular weight is 288 g/mol. The molecule has 0 radical (unpaired) electrons. The van der Waals surface area contributed by atoms with Crippen molar-refractivity contribution in [2.75, 3.05) is 0 Å². The Bertz CT molecular complexity index is 701. The van der Waals surface area contributed by atoms with Crippen LogP contribution in [0.25, 0.3) is 0 Å².